The second kappa shape index (κ2) is 4.53. The topological polar surface area (TPSA) is 43.8 Å². The van der Waals surface area contributed by atoms with Crippen molar-refractivity contribution in [2.24, 2.45) is 5.92 Å². The predicted molar refractivity (Wildman–Crippen MR) is 75.4 cm³/mol. The van der Waals surface area contributed by atoms with E-state index in [-0.39, 0.29) is 5.91 Å². The number of benzene rings is 1. The van der Waals surface area contributed by atoms with E-state index in [1.807, 2.05) is 18.2 Å². The Balaban J connectivity index is 1.89. The van der Waals surface area contributed by atoms with E-state index in [1.165, 1.54) is 12.8 Å². The van der Waals surface area contributed by atoms with Gasteiger partial charge in [0.2, 0.25) is 0 Å². The highest BCUT2D eigenvalue weighted by atomic mass is 16.3. The Bertz CT molecular complexity index is 515. The molecule has 3 rings (SSSR count). The lowest BCUT2D eigenvalue weighted by Crippen LogP contribution is -2.24. The molecule has 0 aromatic heterocycles. The summed E-state index contributed by atoms with van der Waals surface area (Å²) in [7, 11) is 1.72. The lowest BCUT2D eigenvalue weighted by atomic mass is 10.1. The Labute approximate surface area is 113 Å². The van der Waals surface area contributed by atoms with Gasteiger partial charge in [-0.05, 0) is 24.5 Å². The molecule has 1 fully saturated rings. The van der Waals surface area contributed by atoms with Crippen LogP contribution in [-0.4, -0.2) is 31.2 Å². The van der Waals surface area contributed by atoms with Crippen molar-refractivity contribution in [1.29, 1.82) is 0 Å². The Kier molecular flexibility index (Phi) is 2.97. The summed E-state index contributed by atoms with van der Waals surface area (Å²) >= 11 is 0. The molecule has 0 spiro atoms. The number of carbonyl (C=O) groups excluding carboxylic acids is 1. The first-order valence-electron chi connectivity index (χ1n) is 6.96. The third kappa shape index (κ3) is 1.91. The fourth-order valence-corrected chi connectivity index (χ4v) is 3.09. The molecule has 19 heavy (non-hydrogen) atoms. The summed E-state index contributed by atoms with van der Waals surface area (Å²) in [5.41, 5.74) is 2.72. The molecule has 0 radical (unpaired) electrons. The van der Waals surface area contributed by atoms with Gasteiger partial charge in [0.15, 0.2) is 6.10 Å². The van der Waals surface area contributed by atoms with Gasteiger partial charge in [-0.2, -0.15) is 0 Å². The molecule has 0 saturated carbocycles. The van der Waals surface area contributed by atoms with Gasteiger partial charge in [-0.3, -0.25) is 4.79 Å². The highest BCUT2D eigenvalue weighted by Crippen LogP contribution is 2.38. The molecule has 2 aliphatic heterocycles. The van der Waals surface area contributed by atoms with Crippen LogP contribution in [0.2, 0.25) is 0 Å². The summed E-state index contributed by atoms with van der Waals surface area (Å²) in [6.07, 6.45) is 1.47. The normalized spacial score (nSPS) is 26.2. The zero-order valence-corrected chi connectivity index (χ0v) is 11.5. The van der Waals surface area contributed by atoms with E-state index in [2.05, 4.69) is 11.8 Å². The van der Waals surface area contributed by atoms with E-state index in [0.29, 0.717) is 0 Å². The standard InChI is InChI=1S/C15H20N2O2/c1-3-10-6-7-17(9-10)11-4-5-12-13(8-11)16(2)15(19)14(12)18/h4-5,8,10,14,18H,3,6-7,9H2,1-2H3. The molecule has 2 aliphatic rings. The van der Waals surface area contributed by atoms with E-state index < -0.39 is 6.10 Å². The summed E-state index contributed by atoms with van der Waals surface area (Å²) in [6.45, 7) is 4.41. The van der Waals surface area contributed by atoms with Gasteiger partial charge in [0.25, 0.3) is 5.91 Å². The maximum atomic E-state index is 11.8. The van der Waals surface area contributed by atoms with E-state index in [4.69, 9.17) is 0 Å². The number of hydrogen-bond donors (Lipinski definition) is 1. The molecule has 1 aromatic rings. The number of nitrogens with zero attached hydrogens (tertiary/aromatic N) is 2. The zero-order valence-electron chi connectivity index (χ0n) is 11.5. The van der Waals surface area contributed by atoms with Crippen LogP contribution in [0.5, 0.6) is 0 Å². The van der Waals surface area contributed by atoms with Crippen molar-refractivity contribution in [2.75, 3.05) is 29.9 Å². The summed E-state index contributed by atoms with van der Waals surface area (Å²) in [4.78, 5) is 15.7. The molecule has 0 bridgehead atoms. The third-order valence-electron chi connectivity index (χ3n) is 4.46. The number of hydrogen-bond acceptors (Lipinski definition) is 3. The van der Waals surface area contributed by atoms with Crippen LogP contribution in [0.1, 0.15) is 31.4 Å². The Morgan fingerprint density at radius 2 is 2.21 bits per heavy atom. The number of rotatable bonds is 2. The molecular formula is C15H20N2O2. The van der Waals surface area contributed by atoms with Crippen LogP contribution in [0.3, 0.4) is 0 Å². The minimum absolute atomic E-state index is 0.236. The SMILES string of the molecule is CCC1CCN(c2ccc3c(c2)N(C)C(=O)C3O)C1. The first kappa shape index (κ1) is 12.5. The van der Waals surface area contributed by atoms with E-state index in [9.17, 15) is 9.90 Å². The molecule has 1 saturated heterocycles. The van der Waals surface area contributed by atoms with Crippen LogP contribution >= 0.6 is 0 Å². The molecule has 102 valence electrons. The van der Waals surface area contributed by atoms with Crippen LogP contribution in [0.25, 0.3) is 0 Å². The van der Waals surface area contributed by atoms with Crippen molar-refractivity contribution in [3.8, 4) is 0 Å². The lowest BCUT2D eigenvalue weighted by Gasteiger charge is -2.20. The average molecular weight is 260 g/mol. The number of carbonyl (C=O) groups is 1. The van der Waals surface area contributed by atoms with E-state index >= 15 is 0 Å². The van der Waals surface area contributed by atoms with Crippen molar-refractivity contribution in [3.63, 3.8) is 0 Å². The minimum atomic E-state index is -0.990. The van der Waals surface area contributed by atoms with Gasteiger partial charge in [-0.1, -0.05) is 19.4 Å². The average Bonchev–Trinajstić information content (AvgIpc) is 2.99. The minimum Gasteiger partial charge on any atom is -0.378 e. The molecule has 2 unspecified atom stereocenters. The second-order valence-electron chi connectivity index (χ2n) is 5.55. The second-order valence-corrected chi connectivity index (χ2v) is 5.55. The third-order valence-corrected chi connectivity index (χ3v) is 4.46. The number of aliphatic hydroxyl groups excluding tert-OH is 1. The number of likely N-dealkylation sites (N-methyl/N-ethyl adjacent to an activating group) is 1. The molecule has 2 atom stereocenters. The van der Waals surface area contributed by atoms with Crippen molar-refractivity contribution < 1.29 is 9.90 Å². The van der Waals surface area contributed by atoms with Crippen molar-refractivity contribution in [1.82, 2.24) is 0 Å². The van der Waals surface area contributed by atoms with Gasteiger partial charge >= 0.3 is 0 Å². The van der Waals surface area contributed by atoms with Crippen molar-refractivity contribution >= 4 is 17.3 Å². The lowest BCUT2D eigenvalue weighted by molar-refractivity contribution is -0.125. The first-order chi connectivity index (χ1) is 9.11. The van der Waals surface area contributed by atoms with E-state index in [0.717, 1.165) is 35.9 Å². The van der Waals surface area contributed by atoms with Gasteiger partial charge < -0.3 is 14.9 Å². The van der Waals surface area contributed by atoms with Crippen molar-refractivity contribution in [2.45, 2.75) is 25.9 Å². The summed E-state index contributed by atoms with van der Waals surface area (Å²) < 4.78 is 0. The number of aliphatic hydroxyl groups is 1. The molecule has 2 heterocycles. The largest absolute Gasteiger partial charge is 0.378 e. The number of fused-ring (bicyclic) bond motifs is 1. The van der Waals surface area contributed by atoms with Crippen LogP contribution < -0.4 is 9.80 Å². The highest BCUT2D eigenvalue weighted by Gasteiger charge is 2.34. The zero-order chi connectivity index (χ0) is 13.6. The fraction of sp³-hybridized carbons (Fsp3) is 0.533. The van der Waals surface area contributed by atoms with Gasteiger partial charge in [0.05, 0.1) is 5.69 Å². The van der Waals surface area contributed by atoms with E-state index in [1.54, 1.807) is 11.9 Å². The maximum absolute atomic E-state index is 11.8. The van der Waals surface area contributed by atoms with Gasteiger partial charge in [-0.25, -0.2) is 0 Å². The Morgan fingerprint density at radius 3 is 2.89 bits per heavy atom. The molecule has 1 aromatic carbocycles. The summed E-state index contributed by atoms with van der Waals surface area (Å²) in [6, 6.07) is 5.93. The monoisotopic (exact) mass is 260 g/mol. The summed E-state index contributed by atoms with van der Waals surface area (Å²) in [5.74, 6) is 0.540. The fourth-order valence-electron chi connectivity index (χ4n) is 3.09. The maximum Gasteiger partial charge on any atom is 0.260 e. The quantitative estimate of drug-likeness (QED) is 0.883. The molecule has 1 amide bonds. The smallest absolute Gasteiger partial charge is 0.260 e. The van der Waals surface area contributed by atoms with Gasteiger partial charge in [0.1, 0.15) is 0 Å². The molecule has 4 nitrogen and oxygen atoms in total. The Hall–Kier alpha value is -1.55. The molecular weight excluding hydrogens is 240 g/mol. The van der Waals surface area contributed by atoms with Crippen LogP contribution in [0.15, 0.2) is 18.2 Å². The van der Waals surface area contributed by atoms with Gasteiger partial charge in [0, 0.05) is 31.4 Å². The predicted octanol–water partition coefficient (Wildman–Crippen LogP) is 1.93. The Morgan fingerprint density at radius 1 is 1.42 bits per heavy atom. The van der Waals surface area contributed by atoms with Crippen molar-refractivity contribution in [3.05, 3.63) is 23.8 Å². The van der Waals surface area contributed by atoms with Crippen LogP contribution in [-0.2, 0) is 4.79 Å². The van der Waals surface area contributed by atoms with Crippen LogP contribution in [0.4, 0.5) is 11.4 Å². The highest BCUT2D eigenvalue weighted by molar-refractivity contribution is 6.03. The summed E-state index contributed by atoms with van der Waals surface area (Å²) in [5, 5.41) is 9.85. The number of anilines is 2. The molecule has 0 aliphatic carbocycles. The molecule has 4 heteroatoms. The number of amides is 1. The van der Waals surface area contributed by atoms with Crippen LogP contribution in [0, 0.1) is 5.92 Å². The first-order valence-corrected chi connectivity index (χ1v) is 6.96. The van der Waals surface area contributed by atoms with Gasteiger partial charge in [-0.15, -0.1) is 0 Å². The molecule has 1 N–H and O–H groups in total.